The Morgan fingerprint density at radius 1 is 1.24 bits per heavy atom. The predicted octanol–water partition coefficient (Wildman–Crippen LogP) is 2.57. The number of nitrogens with zero attached hydrogens (tertiary/aromatic N) is 2. The minimum absolute atomic E-state index is 0.0576. The molecule has 6 nitrogen and oxygen atoms in total. The smallest absolute Gasteiger partial charge is 0.292 e. The maximum Gasteiger partial charge on any atom is 0.292 e. The van der Waals surface area contributed by atoms with E-state index in [1.54, 1.807) is 6.07 Å². The summed E-state index contributed by atoms with van der Waals surface area (Å²) in [5.41, 5.74) is 2.24. The van der Waals surface area contributed by atoms with E-state index in [0.29, 0.717) is 17.8 Å². The molecular formula is C15H13N3O3. The average Bonchev–Trinajstić information content (AvgIpc) is 2.52. The second-order valence-electron chi connectivity index (χ2n) is 4.43. The Bertz CT molecular complexity index is 708. The Morgan fingerprint density at radius 3 is 2.67 bits per heavy atom. The van der Waals surface area contributed by atoms with Crippen LogP contribution in [0.1, 0.15) is 16.7 Å². The molecule has 0 aromatic heterocycles. The number of hydrogen-bond donors (Lipinski definition) is 2. The molecule has 6 heteroatoms. The lowest BCUT2D eigenvalue weighted by molar-refractivity contribution is -0.384. The molecule has 2 aromatic carbocycles. The molecule has 0 bridgehead atoms. The van der Waals surface area contributed by atoms with Gasteiger partial charge in [-0.05, 0) is 23.3 Å². The predicted molar refractivity (Wildman–Crippen MR) is 77.5 cm³/mol. The molecule has 0 heterocycles. The van der Waals surface area contributed by atoms with Crippen molar-refractivity contribution in [2.75, 3.05) is 5.32 Å². The molecule has 0 unspecified atom stereocenters. The summed E-state index contributed by atoms with van der Waals surface area (Å²) in [6.07, 6.45) is 0. The van der Waals surface area contributed by atoms with Crippen LogP contribution in [0.3, 0.4) is 0 Å². The topological polar surface area (TPSA) is 99.2 Å². The number of nitrogens with one attached hydrogen (secondary N) is 1. The van der Waals surface area contributed by atoms with Gasteiger partial charge in [0.1, 0.15) is 5.69 Å². The molecule has 0 saturated carbocycles. The van der Waals surface area contributed by atoms with Gasteiger partial charge in [0.25, 0.3) is 5.69 Å². The van der Waals surface area contributed by atoms with Gasteiger partial charge in [0.2, 0.25) is 0 Å². The Kier molecular flexibility index (Phi) is 4.49. The quantitative estimate of drug-likeness (QED) is 0.649. The summed E-state index contributed by atoms with van der Waals surface area (Å²) in [7, 11) is 0. The maximum atomic E-state index is 11.0. The largest absolute Gasteiger partial charge is 0.392 e. The van der Waals surface area contributed by atoms with E-state index in [4.69, 9.17) is 10.4 Å². The first-order chi connectivity index (χ1) is 10.1. The van der Waals surface area contributed by atoms with Gasteiger partial charge < -0.3 is 10.4 Å². The molecule has 2 N–H and O–H groups in total. The first-order valence-electron chi connectivity index (χ1n) is 6.25. The summed E-state index contributed by atoms with van der Waals surface area (Å²) in [4.78, 5) is 10.5. The fourth-order valence-corrected chi connectivity index (χ4v) is 1.94. The number of nitro groups is 1. The Morgan fingerprint density at radius 2 is 2.00 bits per heavy atom. The van der Waals surface area contributed by atoms with E-state index >= 15 is 0 Å². The maximum absolute atomic E-state index is 11.0. The molecule has 2 aromatic rings. The lowest BCUT2D eigenvalue weighted by atomic mass is 10.1. The third-order valence-electron chi connectivity index (χ3n) is 2.98. The van der Waals surface area contributed by atoms with Crippen LogP contribution in [0, 0.1) is 21.4 Å². The van der Waals surface area contributed by atoms with E-state index < -0.39 is 4.92 Å². The van der Waals surface area contributed by atoms with Crippen LogP contribution >= 0.6 is 0 Å². The van der Waals surface area contributed by atoms with Crippen LogP contribution < -0.4 is 5.32 Å². The van der Waals surface area contributed by atoms with Gasteiger partial charge in [0.05, 0.1) is 23.2 Å². The standard InChI is InChI=1S/C15H13N3O3/c16-8-11-4-5-15(18(20)21)14(7-11)17-9-12-2-1-3-13(6-12)10-19/h1-7,17,19H,9-10H2. The van der Waals surface area contributed by atoms with Gasteiger partial charge in [0.15, 0.2) is 0 Å². The summed E-state index contributed by atoms with van der Waals surface area (Å²) < 4.78 is 0. The van der Waals surface area contributed by atoms with Crippen molar-refractivity contribution in [3.8, 4) is 6.07 Å². The van der Waals surface area contributed by atoms with Gasteiger partial charge in [0, 0.05) is 12.6 Å². The van der Waals surface area contributed by atoms with Crippen LogP contribution in [0.15, 0.2) is 42.5 Å². The van der Waals surface area contributed by atoms with E-state index in [9.17, 15) is 10.1 Å². The first kappa shape index (κ1) is 14.5. The molecule has 0 saturated heterocycles. The highest BCUT2D eigenvalue weighted by Crippen LogP contribution is 2.25. The number of nitro benzene ring substituents is 1. The van der Waals surface area contributed by atoms with Gasteiger partial charge in [-0.2, -0.15) is 5.26 Å². The number of aliphatic hydroxyl groups is 1. The van der Waals surface area contributed by atoms with Crippen molar-refractivity contribution in [1.29, 1.82) is 5.26 Å². The van der Waals surface area contributed by atoms with Crippen LogP contribution in [0.2, 0.25) is 0 Å². The monoisotopic (exact) mass is 283 g/mol. The Labute approximate surface area is 121 Å². The number of benzene rings is 2. The zero-order valence-corrected chi connectivity index (χ0v) is 11.1. The third-order valence-corrected chi connectivity index (χ3v) is 2.98. The van der Waals surface area contributed by atoms with Crippen LogP contribution in [0.5, 0.6) is 0 Å². The summed E-state index contributed by atoms with van der Waals surface area (Å²) in [6.45, 7) is 0.307. The van der Waals surface area contributed by atoms with E-state index in [2.05, 4.69) is 5.32 Å². The third kappa shape index (κ3) is 3.55. The molecule has 0 atom stereocenters. The van der Waals surface area contributed by atoms with Gasteiger partial charge in [-0.3, -0.25) is 10.1 Å². The van der Waals surface area contributed by atoms with Crippen molar-refractivity contribution in [2.24, 2.45) is 0 Å². The molecule has 0 radical (unpaired) electrons. The van der Waals surface area contributed by atoms with Crippen molar-refractivity contribution < 1.29 is 10.0 Å². The molecule has 0 aliphatic carbocycles. The summed E-state index contributed by atoms with van der Waals surface area (Å²) in [5, 5.41) is 31.9. The van der Waals surface area contributed by atoms with E-state index in [1.165, 1.54) is 18.2 Å². The normalized spacial score (nSPS) is 9.90. The SMILES string of the molecule is N#Cc1ccc([N+](=O)[O-])c(NCc2cccc(CO)c2)c1. The van der Waals surface area contributed by atoms with Gasteiger partial charge in [-0.1, -0.05) is 24.3 Å². The fourth-order valence-electron chi connectivity index (χ4n) is 1.94. The van der Waals surface area contributed by atoms with Crippen molar-refractivity contribution in [1.82, 2.24) is 0 Å². The highest BCUT2D eigenvalue weighted by Gasteiger charge is 2.13. The molecule has 106 valence electrons. The van der Waals surface area contributed by atoms with Crippen molar-refractivity contribution in [3.63, 3.8) is 0 Å². The number of aliphatic hydroxyl groups excluding tert-OH is 1. The average molecular weight is 283 g/mol. The van der Waals surface area contributed by atoms with E-state index in [-0.39, 0.29) is 12.3 Å². The van der Waals surface area contributed by atoms with Gasteiger partial charge in [-0.25, -0.2) is 0 Å². The van der Waals surface area contributed by atoms with Crippen molar-refractivity contribution >= 4 is 11.4 Å². The minimum Gasteiger partial charge on any atom is -0.392 e. The highest BCUT2D eigenvalue weighted by atomic mass is 16.6. The van der Waals surface area contributed by atoms with Crippen LogP contribution in [-0.4, -0.2) is 10.0 Å². The lowest BCUT2D eigenvalue weighted by Gasteiger charge is -2.08. The molecule has 0 spiro atoms. The highest BCUT2D eigenvalue weighted by molar-refractivity contribution is 5.64. The molecule has 21 heavy (non-hydrogen) atoms. The molecule has 0 aliphatic rings. The first-order valence-corrected chi connectivity index (χ1v) is 6.25. The molecular weight excluding hydrogens is 270 g/mol. The molecule has 0 amide bonds. The van der Waals surface area contributed by atoms with Crippen molar-refractivity contribution in [2.45, 2.75) is 13.2 Å². The van der Waals surface area contributed by atoms with Crippen molar-refractivity contribution in [3.05, 3.63) is 69.3 Å². The molecule has 0 aliphatic heterocycles. The van der Waals surface area contributed by atoms with Crippen LogP contribution in [0.25, 0.3) is 0 Å². The zero-order valence-electron chi connectivity index (χ0n) is 11.1. The van der Waals surface area contributed by atoms with Gasteiger partial charge in [-0.15, -0.1) is 0 Å². The summed E-state index contributed by atoms with van der Waals surface area (Å²) >= 11 is 0. The second kappa shape index (κ2) is 6.50. The summed E-state index contributed by atoms with van der Waals surface area (Å²) in [5.74, 6) is 0. The summed E-state index contributed by atoms with van der Waals surface area (Å²) in [6, 6.07) is 13.4. The number of hydrogen-bond acceptors (Lipinski definition) is 5. The fraction of sp³-hybridized carbons (Fsp3) is 0.133. The number of rotatable bonds is 5. The Balaban J connectivity index is 2.22. The zero-order chi connectivity index (χ0) is 15.2. The van der Waals surface area contributed by atoms with Crippen LogP contribution in [-0.2, 0) is 13.2 Å². The number of nitriles is 1. The lowest BCUT2D eigenvalue weighted by Crippen LogP contribution is -2.03. The van der Waals surface area contributed by atoms with Gasteiger partial charge >= 0.3 is 0 Å². The second-order valence-corrected chi connectivity index (χ2v) is 4.43. The Hall–Kier alpha value is -2.91. The minimum atomic E-state index is -0.492. The molecule has 0 fully saturated rings. The molecule has 2 rings (SSSR count). The van der Waals surface area contributed by atoms with Crippen LogP contribution in [0.4, 0.5) is 11.4 Å². The van der Waals surface area contributed by atoms with E-state index in [1.807, 2.05) is 24.3 Å². The number of anilines is 1. The van der Waals surface area contributed by atoms with E-state index in [0.717, 1.165) is 11.1 Å².